The molecule has 1 N–H and O–H groups in total. The zero-order valence-electron chi connectivity index (χ0n) is 12.6. The fraction of sp³-hybridized carbons (Fsp3) is 0.600. The second-order valence-corrected chi connectivity index (χ2v) is 5.23. The van der Waals surface area contributed by atoms with Gasteiger partial charge in [0.2, 0.25) is 0 Å². The van der Waals surface area contributed by atoms with Crippen molar-refractivity contribution in [1.29, 1.82) is 0 Å². The van der Waals surface area contributed by atoms with Crippen LogP contribution in [0.1, 0.15) is 37.8 Å². The van der Waals surface area contributed by atoms with E-state index in [-0.39, 0.29) is 36.4 Å². The zero-order chi connectivity index (χ0) is 14.5. The molecule has 0 aliphatic carbocycles. The van der Waals surface area contributed by atoms with Gasteiger partial charge in [0.15, 0.2) is 0 Å². The summed E-state index contributed by atoms with van der Waals surface area (Å²) in [5.74, 6) is -2.41. The van der Waals surface area contributed by atoms with Gasteiger partial charge in [-0.3, -0.25) is 4.90 Å². The number of rotatable bonds is 5. The summed E-state index contributed by atoms with van der Waals surface area (Å²) >= 11 is 0. The van der Waals surface area contributed by atoms with Crippen LogP contribution in [0.2, 0.25) is 0 Å². The van der Waals surface area contributed by atoms with Crippen LogP contribution in [0.4, 0.5) is 13.2 Å². The first-order chi connectivity index (χ1) is 9.63. The molecule has 0 radical (unpaired) electrons. The van der Waals surface area contributed by atoms with Gasteiger partial charge in [-0.25, -0.2) is 13.2 Å². The molecule has 1 aromatic carbocycles. The molecule has 0 saturated carbocycles. The van der Waals surface area contributed by atoms with Crippen LogP contribution >= 0.6 is 24.8 Å². The summed E-state index contributed by atoms with van der Waals surface area (Å²) in [6.07, 6.45) is 2.55. The van der Waals surface area contributed by atoms with Crippen LogP contribution in [0.15, 0.2) is 12.1 Å². The van der Waals surface area contributed by atoms with Crippen LogP contribution in [0.25, 0.3) is 0 Å². The average Bonchev–Trinajstić information content (AvgIpc) is 2.42. The third kappa shape index (κ3) is 5.30. The second kappa shape index (κ2) is 10.3. The van der Waals surface area contributed by atoms with Crippen molar-refractivity contribution in [3.63, 3.8) is 0 Å². The lowest BCUT2D eigenvalue weighted by atomic mass is 9.97. The number of nitrogens with one attached hydrogen (secondary N) is 1. The van der Waals surface area contributed by atoms with Crippen molar-refractivity contribution in [3.05, 3.63) is 35.1 Å². The summed E-state index contributed by atoms with van der Waals surface area (Å²) < 4.78 is 41.1. The summed E-state index contributed by atoms with van der Waals surface area (Å²) in [7, 11) is 0. The summed E-state index contributed by atoms with van der Waals surface area (Å²) in [4.78, 5) is 2.09. The van der Waals surface area contributed by atoms with Crippen LogP contribution < -0.4 is 5.32 Å². The van der Waals surface area contributed by atoms with E-state index in [1.165, 1.54) is 0 Å². The number of piperazine rings is 1. The van der Waals surface area contributed by atoms with Crippen molar-refractivity contribution >= 4 is 24.8 Å². The molecule has 1 heterocycles. The van der Waals surface area contributed by atoms with Gasteiger partial charge >= 0.3 is 0 Å². The lowest BCUT2D eigenvalue weighted by Crippen LogP contribution is -2.45. The third-order valence-corrected chi connectivity index (χ3v) is 3.80. The van der Waals surface area contributed by atoms with Crippen LogP contribution in [0.5, 0.6) is 0 Å². The quantitative estimate of drug-likeness (QED) is 0.852. The highest BCUT2D eigenvalue weighted by molar-refractivity contribution is 5.85. The van der Waals surface area contributed by atoms with Crippen LogP contribution in [-0.2, 0) is 0 Å². The maximum absolute atomic E-state index is 14.0. The molecule has 2 nitrogen and oxygen atoms in total. The SMILES string of the molecule is CCCC[C@H](c1c(F)cc(F)cc1F)N1CCNCC1.Cl.Cl. The van der Waals surface area contributed by atoms with Gasteiger partial charge in [-0.1, -0.05) is 19.8 Å². The fourth-order valence-corrected chi connectivity index (χ4v) is 2.77. The monoisotopic (exact) mass is 358 g/mol. The second-order valence-electron chi connectivity index (χ2n) is 5.23. The molecular weight excluding hydrogens is 336 g/mol. The van der Waals surface area contributed by atoms with E-state index >= 15 is 0 Å². The molecule has 0 spiro atoms. The highest BCUT2D eigenvalue weighted by Gasteiger charge is 2.27. The molecule has 1 aliphatic rings. The van der Waals surface area contributed by atoms with E-state index < -0.39 is 17.5 Å². The van der Waals surface area contributed by atoms with Crippen molar-refractivity contribution in [2.24, 2.45) is 0 Å². The van der Waals surface area contributed by atoms with E-state index in [2.05, 4.69) is 10.2 Å². The van der Waals surface area contributed by atoms with E-state index in [1.54, 1.807) is 0 Å². The molecule has 0 bridgehead atoms. The molecule has 0 aromatic heterocycles. The van der Waals surface area contributed by atoms with Crippen molar-refractivity contribution < 1.29 is 13.2 Å². The van der Waals surface area contributed by atoms with E-state index in [0.29, 0.717) is 6.42 Å². The number of hydrogen-bond donors (Lipinski definition) is 1. The smallest absolute Gasteiger partial charge is 0.133 e. The summed E-state index contributed by atoms with van der Waals surface area (Å²) in [6, 6.07) is 1.25. The van der Waals surface area contributed by atoms with Crippen molar-refractivity contribution in [2.75, 3.05) is 26.2 Å². The predicted octanol–water partition coefficient (Wildman–Crippen LogP) is 4.08. The van der Waals surface area contributed by atoms with E-state index in [0.717, 1.165) is 51.2 Å². The van der Waals surface area contributed by atoms with Gasteiger partial charge in [0, 0.05) is 49.9 Å². The van der Waals surface area contributed by atoms with Gasteiger partial charge in [-0.2, -0.15) is 0 Å². The number of halogens is 5. The molecule has 22 heavy (non-hydrogen) atoms. The number of nitrogens with zero attached hydrogens (tertiary/aromatic N) is 1. The van der Waals surface area contributed by atoms with Gasteiger partial charge in [0.1, 0.15) is 17.5 Å². The molecule has 1 aromatic rings. The van der Waals surface area contributed by atoms with Crippen molar-refractivity contribution in [1.82, 2.24) is 10.2 Å². The highest BCUT2D eigenvalue weighted by atomic mass is 35.5. The average molecular weight is 359 g/mol. The Hall–Kier alpha value is -0.490. The Morgan fingerprint density at radius 3 is 2.14 bits per heavy atom. The molecule has 128 valence electrons. The summed E-state index contributed by atoms with van der Waals surface area (Å²) in [5.41, 5.74) is 0.0155. The minimum absolute atomic E-state index is 0. The number of benzene rings is 1. The molecule has 1 fully saturated rings. The van der Waals surface area contributed by atoms with Crippen molar-refractivity contribution in [3.8, 4) is 0 Å². The largest absolute Gasteiger partial charge is 0.314 e. The fourth-order valence-electron chi connectivity index (χ4n) is 2.77. The minimum Gasteiger partial charge on any atom is -0.314 e. The van der Waals surface area contributed by atoms with E-state index in [9.17, 15) is 13.2 Å². The summed E-state index contributed by atoms with van der Waals surface area (Å²) in [6.45, 7) is 5.18. The lowest BCUT2D eigenvalue weighted by molar-refractivity contribution is 0.156. The van der Waals surface area contributed by atoms with Gasteiger partial charge in [-0.05, 0) is 6.42 Å². The maximum Gasteiger partial charge on any atom is 0.133 e. The lowest BCUT2D eigenvalue weighted by Gasteiger charge is -2.35. The Kier molecular flexibility index (Phi) is 10.1. The Morgan fingerprint density at radius 1 is 1.09 bits per heavy atom. The molecule has 0 amide bonds. The number of hydrogen-bond acceptors (Lipinski definition) is 2. The minimum atomic E-state index is -0.863. The molecule has 1 aliphatic heterocycles. The van der Waals surface area contributed by atoms with Crippen molar-refractivity contribution in [2.45, 2.75) is 32.2 Å². The van der Waals surface area contributed by atoms with E-state index in [1.807, 2.05) is 6.92 Å². The van der Waals surface area contributed by atoms with E-state index in [4.69, 9.17) is 0 Å². The topological polar surface area (TPSA) is 15.3 Å². The first-order valence-electron chi connectivity index (χ1n) is 7.22. The number of unbranched alkanes of at least 4 members (excludes halogenated alkanes) is 1. The van der Waals surface area contributed by atoms with Crippen LogP contribution in [-0.4, -0.2) is 31.1 Å². The predicted molar refractivity (Wildman–Crippen MR) is 87.5 cm³/mol. The maximum atomic E-state index is 14.0. The van der Waals surface area contributed by atoms with Gasteiger partial charge in [0.25, 0.3) is 0 Å². The first-order valence-corrected chi connectivity index (χ1v) is 7.22. The normalized spacial score (nSPS) is 16.5. The highest BCUT2D eigenvalue weighted by Crippen LogP contribution is 2.31. The van der Waals surface area contributed by atoms with Gasteiger partial charge < -0.3 is 5.32 Å². The first kappa shape index (κ1) is 21.5. The molecule has 0 unspecified atom stereocenters. The Labute approximate surface area is 142 Å². The molecule has 2 rings (SSSR count). The Balaban J connectivity index is 0.00000220. The van der Waals surface area contributed by atoms with Crippen LogP contribution in [0, 0.1) is 17.5 Å². The zero-order valence-corrected chi connectivity index (χ0v) is 14.2. The molecular formula is C15H23Cl2F3N2. The standard InChI is InChI=1S/C15H21F3N2.2ClH/c1-2-3-4-14(20-7-5-19-6-8-20)15-12(17)9-11(16)10-13(15)18;;/h9-10,14,19H,2-8H2,1H3;2*1H/t14-;;/m1../s1. The van der Waals surface area contributed by atoms with Gasteiger partial charge in [0.05, 0.1) is 0 Å². The molecule has 1 atom stereocenters. The van der Waals surface area contributed by atoms with Crippen LogP contribution in [0.3, 0.4) is 0 Å². The molecule has 7 heteroatoms. The summed E-state index contributed by atoms with van der Waals surface area (Å²) in [5, 5.41) is 3.23. The molecule has 1 saturated heterocycles. The van der Waals surface area contributed by atoms with Gasteiger partial charge in [-0.15, -0.1) is 24.8 Å². The third-order valence-electron chi connectivity index (χ3n) is 3.80. The Bertz CT molecular complexity index is 431. The Morgan fingerprint density at radius 2 is 1.64 bits per heavy atom.